The van der Waals surface area contributed by atoms with Crippen LogP contribution in [-0.4, -0.2) is 31.2 Å². The summed E-state index contributed by atoms with van der Waals surface area (Å²) in [5, 5.41) is 0. The lowest BCUT2D eigenvalue weighted by Crippen LogP contribution is -2.28. The standard InChI is InChI=1S/C11H14F6O3/c1-7(2)9(18)20-8(19-6-11(15,16)17)4-3-5-10(12,13)14/h8H,1,3-6H2,2H3. The minimum Gasteiger partial charge on any atom is -0.432 e. The van der Waals surface area contributed by atoms with E-state index >= 15 is 0 Å². The molecule has 0 spiro atoms. The summed E-state index contributed by atoms with van der Waals surface area (Å²) in [6.45, 7) is 2.74. The van der Waals surface area contributed by atoms with Gasteiger partial charge in [-0.05, 0) is 13.3 Å². The van der Waals surface area contributed by atoms with Gasteiger partial charge in [0.25, 0.3) is 0 Å². The summed E-state index contributed by atoms with van der Waals surface area (Å²) in [6, 6.07) is 0. The third-order valence-corrected chi connectivity index (χ3v) is 1.92. The van der Waals surface area contributed by atoms with E-state index in [2.05, 4.69) is 16.1 Å². The highest BCUT2D eigenvalue weighted by Gasteiger charge is 2.31. The van der Waals surface area contributed by atoms with Gasteiger partial charge in [0.15, 0.2) is 0 Å². The molecule has 3 nitrogen and oxygen atoms in total. The fourth-order valence-electron chi connectivity index (χ4n) is 1.05. The molecule has 1 atom stereocenters. The van der Waals surface area contributed by atoms with E-state index < -0.39 is 50.5 Å². The van der Waals surface area contributed by atoms with Crippen molar-refractivity contribution in [2.45, 2.75) is 44.8 Å². The lowest BCUT2D eigenvalue weighted by molar-refractivity contribution is -0.229. The lowest BCUT2D eigenvalue weighted by Gasteiger charge is -2.19. The predicted molar refractivity (Wildman–Crippen MR) is 56.6 cm³/mol. The van der Waals surface area contributed by atoms with Gasteiger partial charge in [0.2, 0.25) is 6.29 Å². The van der Waals surface area contributed by atoms with E-state index in [0.717, 1.165) is 0 Å². The third kappa shape index (κ3) is 10.7. The highest BCUT2D eigenvalue weighted by molar-refractivity contribution is 5.86. The van der Waals surface area contributed by atoms with Gasteiger partial charge in [-0.2, -0.15) is 26.3 Å². The van der Waals surface area contributed by atoms with Crippen LogP contribution in [0.15, 0.2) is 12.2 Å². The van der Waals surface area contributed by atoms with Crippen LogP contribution in [-0.2, 0) is 14.3 Å². The van der Waals surface area contributed by atoms with Gasteiger partial charge in [0.05, 0.1) is 0 Å². The number of hydrogen-bond donors (Lipinski definition) is 0. The van der Waals surface area contributed by atoms with Crippen LogP contribution >= 0.6 is 0 Å². The second-order valence-electron chi connectivity index (χ2n) is 4.05. The fraction of sp³-hybridized carbons (Fsp3) is 0.727. The van der Waals surface area contributed by atoms with E-state index in [1.807, 2.05) is 0 Å². The fourth-order valence-corrected chi connectivity index (χ4v) is 1.05. The van der Waals surface area contributed by atoms with E-state index in [4.69, 9.17) is 0 Å². The Morgan fingerprint density at radius 2 is 1.70 bits per heavy atom. The van der Waals surface area contributed by atoms with Crippen LogP contribution in [0.2, 0.25) is 0 Å². The summed E-state index contributed by atoms with van der Waals surface area (Å²) < 4.78 is 80.4. The first-order chi connectivity index (χ1) is 8.91. The van der Waals surface area contributed by atoms with Crippen LogP contribution in [0.5, 0.6) is 0 Å². The minimum absolute atomic E-state index is 0.0959. The van der Waals surface area contributed by atoms with Crippen LogP contribution in [0.3, 0.4) is 0 Å². The SMILES string of the molecule is C=C(C)C(=O)OC(CCCC(F)(F)F)OCC(F)(F)F. The van der Waals surface area contributed by atoms with Gasteiger partial charge in [0.1, 0.15) is 6.61 Å². The largest absolute Gasteiger partial charge is 0.432 e. The molecule has 1 unspecified atom stereocenters. The normalized spacial score (nSPS) is 13.9. The number of alkyl halides is 6. The maximum absolute atomic E-state index is 12.0. The molecule has 0 fully saturated rings. The van der Waals surface area contributed by atoms with E-state index in [9.17, 15) is 31.1 Å². The number of ether oxygens (including phenoxy) is 2. The first kappa shape index (κ1) is 18.8. The molecule has 118 valence electrons. The highest BCUT2D eigenvalue weighted by Crippen LogP contribution is 2.24. The quantitative estimate of drug-likeness (QED) is 0.311. The van der Waals surface area contributed by atoms with Crippen LogP contribution in [0.25, 0.3) is 0 Å². The molecule has 0 heterocycles. The van der Waals surface area contributed by atoms with Gasteiger partial charge in [-0.3, -0.25) is 0 Å². The van der Waals surface area contributed by atoms with Crippen LogP contribution in [0, 0.1) is 0 Å². The monoisotopic (exact) mass is 308 g/mol. The van der Waals surface area contributed by atoms with Crippen molar-refractivity contribution in [3.63, 3.8) is 0 Å². The van der Waals surface area contributed by atoms with E-state index in [-0.39, 0.29) is 5.57 Å². The Morgan fingerprint density at radius 1 is 1.15 bits per heavy atom. The second kappa shape index (κ2) is 7.51. The van der Waals surface area contributed by atoms with E-state index in [0.29, 0.717) is 0 Å². The first-order valence-electron chi connectivity index (χ1n) is 5.52. The summed E-state index contributed by atoms with van der Waals surface area (Å²) in [6.07, 6.45) is -13.0. The van der Waals surface area contributed by atoms with E-state index in [1.54, 1.807) is 0 Å². The van der Waals surface area contributed by atoms with Crippen molar-refractivity contribution in [3.05, 3.63) is 12.2 Å². The average Bonchev–Trinajstić information content (AvgIpc) is 2.22. The predicted octanol–water partition coefficient (Wildman–Crippen LogP) is 3.74. The Morgan fingerprint density at radius 3 is 2.10 bits per heavy atom. The average molecular weight is 308 g/mol. The molecule has 0 aromatic rings. The first-order valence-corrected chi connectivity index (χ1v) is 5.52. The zero-order valence-corrected chi connectivity index (χ0v) is 10.6. The third-order valence-electron chi connectivity index (χ3n) is 1.92. The van der Waals surface area contributed by atoms with Crippen LogP contribution in [0.1, 0.15) is 26.2 Å². The molecule has 20 heavy (non-hydrogen) atoms. The molecule has 0 aliphatic rings. The van der Waals surface area contributed by atoms with Crippen molar-refractivity contribution < 1.29 is 40.6 Å². The molecule has 0 aromatic carbocycles. The maximum Gasteiger partial charge on any atom is 0.411 e. The molecule has 0 aliphatic carbocycles. The topological polar surface area (TPSA) is 35.5 Å². The molecule has 0 saturated heterocycles. The number of carbonyl (C=O) groups excluding carboxylic acids is 1. The summed E-state index contributed by atoms with van der Waals surface area (Å²) in [4.78, 5) is 11.1. The number of carbonyl (C=O) groups is 1. The molecule has 0 saturated carbocycles. The Balaban J connectivity index is 4.39. The minimum atomic E-state index is -4.67. The van der Waals surface area contributed by atoms with Crippen molar-refractivity contribution >= 4 is 5.97 Å². The van der Waals surface area contributed by atoms with Crippen LogP contribution < -0.4 is 0 Å². The van der Waals surface area contributed by atoms with Gasteiger partial charge in [-0.15, -0.1) is 0 Å². The molecule has 0 aromatic heterocycles. The molecule has 0 amide bonds. The highest BCUT2D eigenvalue weighted by atomic mass is 19.4. The zero-order chi connectivity index (χ0) is 16.0. The Kier molecular flexibility index (Phi) is 7.04. The molecule has 0 radical (unpaired) electrons. The Hall–Kier alpha value is -1.25. The molecule has 0 N–H and O–H groups in total. The zero-order valence-electron chi connectivity index (χ0n) is 10.6. The molecular weight excluding hydrogens is 294 g/mol. The number of esters is 1. The number of halogens is 6. The van der Waals surface area contributed by atoms with Gasteiger partial charge >= 0.3 is 18.3 Å². The van der Waals surface area contributed by atoms with Crippen LogP contribution in [0.4, 0.5) is 26.3 Å². The van der Waals surface area contributed by atoms with Gasteiger partial charge in [0, 0.05) is 18.4 Å². The molecule has 0 aliphatic heterocycles. The van der Waals surface area contributed by atoms with E-state index in [1.165, 1.54) is 6.92 Å². The van der Waals surface area contributed by atoms with Gasteiger partial charge in [-0.1, -0.05) is 6.58 Å². The lowest BCUT2D eigenvalue weighted by atomic mass is 10.2. The molecule has 0 rings (SSSR count). The maximum atomic E-state index is 12.0. The molecule has 9 heteroatoms. The summed E-state index contributed by atoms with van der Waals surface area (Å²) in [5.41, 5.74) is -0.0959. The number of rotatable bonds is 7. The summed E-state index contributed by atoms with van der Waals surface area (Å²) in [5.74, 6) is -1.02. The number of hydrogen-bond acceptors (Lipinski definition) is 3. The van der Waals surface area contributed by atoms with Crippen molar-refractivity contribution in [2.75, 3.05) is 6.61 Å². The van der Waals surface area contributed by atoms with Gasteiger partial charge < -0.3 is 9.47 Å². The smallest absolute Gasteiger partial charge is 0.411 e. The van der Waals surface area contributed by atoms with Crippen molar-refractivity contribution in [2.24, 2.45) is 0 Å². The van der Waals surface area contributed by atoms with Crippen molar-refractivity contribution in [1.29, 1.82) is 0 Å². The Labute approximate surface area is 111 Å². The summed E-state index contributed by atoms with van der Waals surface area (Å²) >= 11 is 0. The summed E-state index contributed by atoms with van der Waals surface area (Å²) in [7, 11) is 0. The Bertz CT molecular complexity index is 334. The second-order valence-corrected chi connectivity index (χ2v) is 4.05. The van der Waals surface area contributed by atoms with Gasteiger partial charge in [-0.25, -0.2) is 4.79 Å². The molecule has 0 bridgehead atoms. The van der Waals surface area contributed by atoms with Crippen molar-refractivity contribution in [3.8, 4) is 0 Å². The molecular formula is C11H14F6O3. The van der Waals surface area contributed by atoms with Crippen molar-refractivity contribution in [1.82, 2.24) is 0 Å².